The fourth-order valence-electron chi connectivity index (χ4n) is 2.04. The first kappa shape index (κ1) is 14.9. The Balaban J connectivity index is 2.29. The Labute approximate surface area is 126 Å². The number of halogens is 2. The standard InChI is InChI=1S/C15H16BrFN2O/c1-18-14(15-13(17)4-3-7-19-15)9-10-8-11(20-2)5-6-12(10)16/h3-8,14,18H,9H2,1-2H3. The molecule has 0 radical (unpaired) electrons. The molecule has 0 amide bonds. The molecular formula is C15H16BrFN2O. The number of nitrogens with one attached hydrogen (secondary N) is 1. The Morgan fingerprint density at radius 2 is 2.20 bits per heavy atom. The third kappa shape index (κ3) is 3.35. The van der Waals surface area contributed by atoms with Gasteiger partial charge < -0.3 is 10.1 Å². The van der Waals surface area contributed by atoms with Gasteiger partial charge in [0.15, 0.2) is 0 Å². The van der Waals surface area contributed by atoms with Crippen LogP contribution in [0.4, 0.5) is 4.39 Å². The summed E-state index contributed by atoms with van der Waals surface area (Å²) in [5, 5.41) is 3.11. The topological polar surface area (TPSA) is 34.1 Å². The molecule has 0 saturated carbocycles. The molecule has 3 nitrogen and oxygen atoms in total. The van der Waals surface area contributed by atoms with E-state index in [1.54, 1.807) is 26.4 Å². The zero-order chi connectivity index (χ0) is 14.5. The lowest BCUT2D eigenvalue weighted by atomic mass is 10.0. The largest absolute Gasteiger partial charge is 0.497 e. The summed E-state index contributed by atoms with van der Waals surface area (Å²) in [6, 6.07) is 8.56. The molecule has 106 valence electrons. The van der Waals surface area contributed by atoms with Crippen molar-refractivity contribution < 1.29 is 9.13 Å². The number of nitrogens with zero attached hydrogens (tertiary/aromatic N) is 1. The first-order valence-corrected chi connectivity index (χ1v) is 7.05. The summed E-state index contributed by atoms with van der Waals surface area (Å²) in [6.45, 7) is 0. The highest BCUT2D eigenvalue weighted by Crippen LogP contribution is 2.27. The molecule has 0 aliphatic rings. The third-order valence-corrected chi connectivity index (χ3v) is 3.92. The van der Waals surface area contributed by atoms with E-state index in [0.29, 0.717) is 12.1 Å². The van der Waals surface area contributed by atoms with E-state index in [1.165, 1.54) is 6.07 Å². The van der Waals surface area contributed by atoms with E-state index in [9.17, 15) is 4.39 Å². The van der Waals surface area contributed by atoms with Crippen molar-refractivity contribution in [1.82, 2.24) is 10.3 Å². The van der Waals surface area contributed by atoms with Gasteiger partial charge in [-0.05, 0) is 49.4 Å². The van der Waals surface area contributed by atoms with E-state index in [1.807, 2.05) is 18.2 Å². The van der Waals surface area contributed by atoms with Crippen LogP contribution in [0.2, 0.25) is 0 Å². The molecule has 1 aromatic heterocycles. The molecular weight excluding hydrogens is 323 g/mol. The Morgan fingerprint density at radius 3 is 2.85 bits per heavy atom. The number of hydrogen-bond donors (Lipinski definition) is 1. The van der Waals surface area contributed by atoms with Crippen LogP contribution in [0.25, 0.3) is 0 Å². The second-order valence-electron chi connectivity index (χ2n) is 4.37. The van der Waals surface area contributed by atoms with E-state index in [4.69, 9.17) is 4.74 Å². The molecule has 0 saturated heterocycles. The average molecular weight is 339 g/mol. The number of benzene rings is 1. The number of pyridine rings is 1. The van der Waals surface area contributed by atoms with Crippen LogP contribution in [0.3, 0.4) is 0 Å². The second-order valence-corrected chi connectivity index (χ2v) is 5.23. The first-order chi connectivity index (χ1) is 9.65. The van der Waals surface area contributed by atoms with Crippen molar-refractivity contribution in [2.75, 3.05) is 14.2 Å². The van der Waals surface area contributed by atoms with Crippen molar-refractivity contribution in [2.24, 2.45) is 0 Å². The number of aromatic nitrogens is 1. The van der Waals surface area contributed by atoms with Gasteiger partial charge in [-0.1, -0.05) is 15.9 Å². The van der Waals surface area contributed by atoms with Gasteiger partial charge >= 0.3 is 0 Å². The number of likely N-dealkylation sites (N-methyl/N-ethyl adjacent to an activating group) is 1. The maximum atomic E-state index is 13.8. The minimum atomic E-state index is -0.300. The molecule has 1 N–H and O–H groups in total. The van der Waals surface area contributed by atoms with Gasteiger partial charge in [0.05, 0.1) is 18.8 Å². The molecule has 0 spiro atoms. The van der Waals surface area contributed by atoms with Crippen LogP contribution in [0.1, 0.15) is 17.3 Å². The van der Waals surface area contributed by atoms with Gasteiger partial charge in [-0.15, -0.1) is 0 Å². The first-order valence-electron chi connectivity index (χ1n) is 6.25. The van der Waals surface area contributed by atoms with Gasteiger partial charge in [-0.2, -0.15) is 0 Å². The zero-order valence-electron chi connectivity index (χ0n) is 11.4. The monoisotopic (exact) mass is 338 g/mol. The van der Waals surface area contributed by atoms with Gasteiger partial charge in [0.1, 0.15) is 11.6 Å². The molecule has 5 heteroatoms. The fourth-order valence-corrected chi connectivity index (χ4v) is 2.45. The molecule has 2 aromatic rings. The van der Waals surface area contributed by atoms with E-state index < -0.39 is 0 Å². The lowest BCUT2D eigenvalue weighted by Gasteiger charge is -2.17. The smallest absolute Gasteiger partial charge is 0.146 e. The van der Waals surface area contributed by atoms with Crippen LogP contribution in [-0.2, 0) is 6.42 Å². The van der Waals surface area contributed by atoms with Gasteiger partial charge in [0, 0.05) is 10.7 Å². The van der Waals surface area contributed by atoms with Crippen molar-refractivity contribution in [3.8, 4) is 5.75 Å². The predicted molar refractivity (Wildman–Crippen MR) is 80.4 cm³/mol. The summed E-state index contributed by atoms with van der Waals surface area (Å²) in [7, 11) is 3.42. The van der Waals surface area contributed by atoms with E-state index >= 15 is 0 Å². The summed E-state index contributed by atoms with van der Waals surface area (Å²) in [5.41, 5.74) is 1.46. The fraction of sp³-hybridized carbons (Fsp3) is 0.267. The molecule has 1 aromatic carbocycles. The molecule has 1 unspecified atom stereocenters. The molecule has 2 rings (SSSR count). The van der Waals surface area contributed by atoms with Crippen molar-refractivity contribution in [1.29, 1.82) is 0 Å². The number of rotatable bonds is 5. The summed E-state index contributed by atoms with van der Waals surface area (Å²) in [6.07, 6.45) is 2.21. The van der Waals surface area contributed by atoms with Gasteiger partial charge in [-0.25, -0.2) is 4.39 Å². The normalized spacial score (nSPS) is 12.2. The zero-order valence-corrected chi connectivity index (χ0v) is 12.9. The maximum absolute atomic E-state index is 13.8. The lowest BCUT2D eigenvalue weighted by molar-refractivity contribution is 0.413. The Morgan fingerprint density at radius 1 is 1.40 bits per heavy atom. The Hall–Kier alpha value is -1.46. The second kappa shape index (κ2) is 6.81. The Bertz CT molecular complexity index is 592. The minimum Gasteiger partial charge on any atom is -0.497 e. The Kier molecular flexibility index (Phi) is 5.09. The molecule has 0 fully saturated rings. The molecule has 20 heavy (non-hydrogen) atoms. The highest BCUT2D eigenvalue weighted by atomic mass is 79.9. The van der Waals surface area contributed by atoms with Crippen LogP contribution in [0.5, 0.6) is 5.75 Å². The quantitative estimate of drug-likeness (QED) is 0.905. The van der Waals surface area contributed by atoms with Gasteiger partial charge in [0.2, 0.25) is 0 Å². The van der Waals surface area contributed by atoms with Gasteiger partial charge in [0.25, 0.3) is 0 Å². The van der Waals surface area contributed by atoms with Crippen molar-refractivity contribution in [3.05, 3.63) is 58.1 Å². The van der Waals surface area contributed by atoms with E-state index in [0.717, 1.165) is 15.8 Å². The summed E-state index contributed by atoms with van der Waals surface area (Å²) in [4.78, 5) is 4.13. The average Bonchev–Trinajstić information content (AvgIpc) is 2.47. The van der Waals surface area contributed by atoms with Crippen molar-refractivity contribution in [3.63, 3.8) is 0 Å². The van der Waals surface area contributed by atoms with E-state index in [2.05, 4.69) is 26.2 Å². The minimum absolute atomic E-state index is 0.195. The number of methoxy groups -OCH3 is 1. The predicted octanol–water partition coefficient (Wildman–Crippen LogP) is 3.50. The SMILES string of the molecule is CNC(Cc1cc(OC)ccc1Br)c1ncccc1F. The molecule has 0 aliphatic heterocycles. The van der Waals surface area contributed by atoms with Crippen LogP contribution in [-0.4, -0.2) is 19.1 Å². The van der Waals surface area contributed by atoms with Crippen molar-refractivity contribution in [2.45, 2.75) is 12.5 Å². The number of ether oxygens (including phenoxy) is 1. The van der Waals surface area contributed by atoms with Crippen LogP contribution in [0.15, 0.2) is 41.0 Å². The lowest BCUT2D eigenvalue weighted by Crippen LogP contribution is -2.21. The van der Waals surface area contributed by atoms with Crippen molar-refractivity contribution >= 4 is 15.9 Å². The van der Waals surface area contributed by atoms with Crippen LogP contribution >= 0.6 is 15.9 Å². The highest BCUT2D eigenvalue weighted by molar-refractivity contribution is 9.10. The summed E-state index contributed by atoms with van der Waals surface area (Å²) in [5.74, 6) is 0.477. The third-order valence-electron chi connectivity index (χ3n) is 3.14. The molecule has 1 atom stereocenters. The summed E-state index contributed by atoms with van der Waals surface area (Å²) < 4.78 is 20.0. The van der Waals surface area contributed by atoms with Crippen LogP contribution < -0.4 is 10.1 Å². The number of hydrogen-bond acceptors (Lipinski definition) is 3. The molecule has 0 bridgehead atoms. The highest BCUT2D eigenvalue weighted by Gasteiger charge is 2.17. The maximum Gasteiger partial charge on any atom is 0.146 e. The molecule has 0 aliphatic carbocycles. The van der Waals surface area contributed by atoms with Gasteiger partial charge in [-0.3, -0.25) is 4.98 Å². The van der Waals surface area contributed by atoms with Crippen LogP contribution in [0, 0.1) is 5.82 Å². The summed E-state index contributed by atoms with van der Waals surface area (Å²) >= 11 is 3.51. The molecule has 1 heterocycles. The van der Waals surface area contributed by atoms with E-state index in [-0.39, 0.29) is 11.9 Å².